The van der Waals surface area contributed by atoms with Crippen LogP contribution in [0.4, 0.5) is 0 Å². The van der Waals surface area contributed by atoms with Crippen LogP contribution in [0.25, 0.3) is 38.6 Å². The van der Waals surface area contributed by atoms with E-state index in [1.807, 2.05) is 47.1 Å². The fourth-order valence-corrected chi connectivity index (χ4v) is 3.87. The van der Waals surface area contributed by atoms with Crippen molar-refractivity contribution in [2.75, 3.05) is 0 Å². The first-order valence-corrected chi connectivity index (χ1v) is 9.31. The zero-order chi connectivity index (χ0) is 17.3. The molecule has 124 valence electrons. The van der Waals surface area contributed by atoms with E-state index in [4.69, 9.17) is 4.98 Å². The molecule has 0 radical (unpaired) electrons. The molecule has 3 nitrogen and oxygen atoms in total. The van der Waals surface area contributed by atoms with Crippen LogP contribution in [0.1, 0.15) is 0 Å². The summed E-state index contributed by atoms with van der Waals surface area (Å²) < 4.78 is 1.94. The molecular formula is C22H15N3S. The lowest BCUT2D eigenvalue weighted by molar-refractivity contribution is 0.949. The lowest BCUT2D eigenvalue weighted by atomic mass is 10.1. The highest BCUT2D eigenvalue weighted by Gasteiger charge is 2.15. The van der Waals surface area contributed by atoms with Crippen LogP contribution < -0.4 is 0 Å². The zero-order valence-electron chi connectivity index (χ0n) is 13.9. The Bertz CT molecular complexity index is 1160. The quantitative estimate of drug-likeness (QED) is 0.411. The summed E-state index contributed by atoms with van der Waals surface area (Å²) in [6.07, 6.45) is 1.91. The summed E-state index contributed by atoms with van der Waals surface area (Å²) in [5.41, 5.74) is 6.17. The highest BCUT2D eigenvalue weighted by molar-refractivity contribution is 7.13. The van der Waals surface area contributed by atoms with E-state index in [2.05, 4.69) is 52.9 Å². The highest BCUT2D eigenvalue weighted by atomic mass is 32.1. The molecule has 0 N–H and O–H groups in total. The maximum Gasteiger partial charge on any atom is 0.164 e. The summed E-state index contributed by atoms with van der Waals surface area (Å²) in [4.78, 5) is 6.13. The molecule has 0 saturated carbocycles. The summed E-state index contributed by atoms with van der Waals surface area (Å²) in [6, 6.07) is 26.9. The number of fused-ring (bicyclic) bond motifs is 1. The van der Waals surface area contributed by atoms with Crippen LogP contribution >= 0.6 is 11.3 Å². The SMILES string of the molecule is c1ccc(-c2cc(-c3ccccc3)n3ncc(-c4cccs4)c3n2)cc1. The van der Waals surface area contributed by atoms with Gasteiger partial charge < -0.3 is 0 Å². The lowest BCUT2D eigenvalue weighted by Crippen LogP contribution is -1.98. The minimum Gasteiger partial charge on any atom is -0.228 e. The molecule has 3 aromatic heterocycles. The summed E-state index contributed by atoms with van der Waals surface area (Å²) >= 11 is 1.71. The first-order chi connectivity index (χ1) is 12.9. The predicted molar refractivity (Wildman–Crippen MR) is 107 cm³/mol. The van der Waals surface area contributed by atoms with Gasteiger partial charge in [-0.05, 0) is 17.5 Å². The van der Waals surface area contributed by atoms with Crippen LogP contribution in [0, 0.1) is 0 Å². The molecule has 5 rings (SSSR count). The minimum absolute atomic E-state index is 0.882. The van der Waals surface area contributed by atoms with E-state index >= 15 is 0 Å². The molecule has 3 heterocycles. The van der Waals surface area contributed by atoms with Gasteiger partial charge in [-0.1, -0.05) is 66.7 Å². The molecule has 26 heavy (non-hydrogen) atoms. The number of thiophene rings is 1. The molecule has 0 aliphatic carbocycles. The number of hydrogen-bond acceptors (Lipinski definition) is 3. The normalized spacial score (nSPS) is 11.1. The van der Waals surface area contributed by atoms with Crippen LogP contribution in [-0.2, 0) is 0 Å². The summed E-state index contributed by atoms with van der Waals surface area (Å²) in [5.74, 6) is 0. The van der Waals surface area contributed by atoms with E-state index in [1.54, 1.807) is 11.3 Å². The number of benzene rings is 2. The molecule has 0 aliphatic heterocycles. The molecule has 0 saturated heterocycles. The summed E-state index contributed by atoms with van der Waals surface area (Å²) in [7, 11) is 0. The molecule has 0 amide bonds. The Morgan fingerprint density at radius 3 is 2.19 bits per heavy atom. The van der Waals surface area contributed by atoms with Crippen molar-refractivity contribution in [2.45, 2.75) is 0 Å². The second-order valence-corrected chi connectivity index (χ2v) is 6.98. The Morgan fingerprint density at radius 2 is 1.50 bits per heavy atom. The van der Waals surface area contributed by atoms with Gasteiger partial charge in [0.25, 0.3) is 0 Å². The maximum atomic E-state index is 4.95. The van der Waals surface area contributed by atoms with Gasteiger partial charge in [0.05, 0.1) is 23.1 Å². The standard InChI is InChI=1S/C22H15N3S/c1-3-8-16(9-4-1)19-14-20(17-10-5-2-6-11-17)25-22(24-19)18(15-23-25)21-12-7-13-26-21/h1-15H. The second kappa shape index (κ2) is 6.24. The van der Waals surface area contributed by atoms with Crippen LogP contribution in [-0.4, -0.2) is 14.6 Å². The van der Waals surface area contributed by atoms with Crippen LogP contribution in [0.15, 0.2) is 90.4 Å². The van der Waals surface area contributed by atoms with E-state index in [0.717, 1.165) is 33.7 Å². The predicted octanol–water partition coefficient (Wildman–Crippen LogP) is 5.79. The number of hydrogen-bond donors (Lipinski definition) is 0. The third-order valence-electron chi connectivity index (χ3n) is 4.40. The smallest absolute Gasteiger partial charge is 0.164 e. The van der Waals surface area contributed by atoms with Crippen molar-refractivity contribution in [2.24, 2.45) is 0 Å². The van der Waals surface area contributed by atoms with Crippen LogP contribution in [0.2, 0.25) is 0 Å². The van der Waals surface area contributed by atoms with Gasteiger partial charge in [0.15, 0.2) is 5.65 Å². The lowest BCUT2D eigenvalue weighted by Gasteiger charge is -2.09. The van der Waals surface area contributed by atoms with Crippen molar-refractivity contribution in [3.63, 3.8) is 0 Å². The van der Waals surface area contributed by atoms with Gasteiger partial charge in [-0.25, -0.2) is 9.50 Å². The second-order valence-electron chi connectivity index (χ2n) is 6.03. The van der Waals surface area contributed by atoms with Crippen LogP contribution in [0.5, 0.6) is 0 Å². The topological polar surface area (TPSA) is 30.2 Å². The molecule has 0 bridgehead atoms. The van der Waals surface area contributed by atoms with Gasteiger partial charge in [-0.3, -0.25) is 0 Å². The summed E-state index contributed by atoms with van der Waals surface area (Å²) in [6.45, 7) is 0. The Labute approximate surface area is 155 Å². The molecular weight excluding hydrogens is 338 g/mol. The first kappa shape index (κ1) is 15.0. The Hall–Kier alpha value is -3.24. The molecule has 5 aromatic rings. The molecule has 0 atom stereocenters. The van der Waals surface area contributed by atoms with Gasteiger partial charge in [0.1, 0.15) is 0 Å². The molecule has 2 aromatic carbocycles. The number of rotatable bonds is 3. The monoisotopic (exact) mass is 353 g/mol. The maximum absolute atomic E-state index is 4.95. The van der Waals surface area contributed by atoms with Crippen molar-refractivity contribution in [3.05, 3.63) is 90.4 Å². The van der Waals surface area contributed by atoms with Gasteiger partial charge in [0.2, 0.25) is 0 Å². The van der Waals surface area contributed by atoms with Crippen molar-refractivity contribution in [1.82, 2.24) is 14.6 Å². The highest BCUT2D eigenvalue weighted by Crippen LogP contribution is 2.32. The Kier molecular flexibility index (Phi) is 3.61. The van der Waals surface area contributed by atoms with E-state index in [9.17, 15) is 0 Å². The van der Waals surface area contributed by atoms with E-state index in [0.29, 0.717) is 0 Å². The average molecular weight is 353 g/mol. The third kappa shape index (κ3) is 2.52. The zero-order valence-corrected chi connectivity index (χ0v) is 14.7. The first-order valence-electron chi connectivity index (χ1n) is 8.44. The molecule has 0 fully saturated rings. The minimum atomic E-state index is 0.882. The Balaban J connectivity index is 1.83. The molecule has 0 aliphatic rings. The molecule has 0 unspecified atom stereocenters. The van der Waals surface area contributed by atoms with Gasteiger partial charge in [0, 0.05) is 16.0 Å². The molecule has 0 spiro atoms. The van der Waals surface area contributed by atoms with Crippen molar-refractivity contribution in [1.29, 1.82) is 0 Å². The van der Waals surface area contributed by atoms with Crippen molar-refractivity contribution < 1.29 is 0 Å². The van der Waals surface area contributed by atoms with E-state index in [1.165, 1.54) is 4.88 Å². The average Bonchev–Trinajstić information content (AvgIpc) is 3.38. The number of nitrogens with zero attached hydrogens (tertiary/aromatic N) is 3. The van der Waals surface area contributed by atoms with Crippen molar-refractivity contribution in [3.8, 4) is 33.0 Å². The van der Waals surface area contributed by atoms with Gasteiger partial charge in [-0.15, -0.1) is 11.3 Å². The van der Waals surface area contributed by atoms with Crippen molar-refractivity contribution >= 4 is 17.0 Å². The van der Waals surface area contributed by atoms with Crippen LogP contribution in [0.3, 0.4) is 0 Å². The van der Waals surface area contributed by atoms with Gasteiger partial charge >= 0.3 is 0 Å². The van der Waals surface area contributed by atoms with E-state index < -0.39 is 0 Å². The van der Waals surface area contributed by atoms with Gasteiger partial charge in [-0.2, -0.15) is 5.10 Å². The number of aromatic nitrogens is 3. The molecule has 4 heteroatoms. The third-order valence-corrected chi connectivity index (χ3v) is 5.30. The summed E-state index contributed by atoms with van der Waals surface area (Å²) in [5, 5.41) is 6.73. The largest absolute Gasteiger partial charge is 0.228 e. The van der Waals surface area contributed by atoms with E-state index in [-0.39, 0.29) is 0 Å². The fraction of sp³-hybridized carbons (Fsp3) is 0. The fourth-order valence-electron chi connectivity index (χ4n) is 3.14. The Morgan fingerprint density at radius 1 is 0.769 bits per heavy atom.